The number of hydrogen-bond donors (Lipinski definition) is 2. The van der Waals surface area contributed by atoms with Gasteiger partial charge in [0.2, 0.25) is 5.91 Å². The summed E-state index contributed by atoms with van der Waals surface area (Å²) in [7, 11) is -3.34. The average Bonchev–Trinajstić information content (AvgIpc) is 2.30. The summed E-state index contributed by atoms with van der Waals surface area (Å²) >= 11 is 5.93. The molecule has 0 fully saturated rings. The predicted octanol–water partition coefficient (Wildman–Crippen LogP) is 1.67. The Labute approximate surface area is 118 Å². The molecule has 1 rings (SSSR count). The molecule has 0 spiro atoms. The first-order valence-electron chi connectivity index (χ1n) is 5.73. The van der Waals surface area contributed by atoms with E-state index in [0.29, 0.717) is 17.3 Å². The molecule has 0 aliphatic carbocycles. The normalized spacial score (nSPS) is 13.1. The van der Waals surface area contributed by atoms with E-state index in [2.05, 4.69) is 5.32 Å². The smallest absolute Gasteiger partial charge is 0.224 e. The van der Waals surface area contributed by atoms with E-state index in [1.54, 1.807) is 0 Å². The summed E-state index contributed by atoms with van der Waals surface area (Å²) in [5.74, 6) is -0.192. The fourth-order valence-electron chi connectivity index (χ4n) is 1.43. The number of nitrogens with two attached hydrogens (primary N) is 1. The summed E-state index contributed by atoms with van der Waals surface area (Å²) in [6, 6.07) is 4.19. The molecule has 19 heavy (non-hydrogen) atoms. The zero-order chi connectivity index (χ0) is 14.6. The molecule has 0 radical (unpaired) electrons. The van der Waals surface area contributed by atoms with Crippen molar-refractivity contribution in [1.29, 1.82) is 0 Å². The summed E-state index contributed by atoms with van der Waals surface area (Å²) in [6.07, 6.45) is 1.36. The van der Waals surface area contributed by atoms with Gasteiger partial charge in [0.15, 0.2) is 9.84 Å². The monoisotopic (exact) mass is 304 g/mol. The van der Waals surface area contributed by atoms with Crippen LogP contribution >= 0.6 is 11.6 Å². The Kier molecular flexibility index (Phi) is 5.34. The van der Waals surface area contributed by atoms with Crippen LogP contribution in [-0.4, -0.2) is 27.1 Å². The quantitative estimate of drug-likeness (QED) is 0.866. The Bertz CT molecular complexity index is 572. The molecule has 106 valence electrons. The van der Waals surface area contributed by atoms with Crippen molar-refractivity contribution in [2.24, 2.45) is 11.7 Å². The maximum absolute atomic E-state index is 11.7. The van der Waals surface area contributed by atoms with Gasteiger partial charge in [0.1, 0.15) is 0 Å². The van der Waals surface area contributed by atoms with Gasteiger partial charge in [0.25, 0.3) is 0 Å². The topological polar surface area (TPSA) is 89.3 Å². The van der Waals surface area contributed by atoms with Crippen molar-refractivity contribution in [2.75, 3.05) is 18.1 Å². The first-order valence-corrected chi connectivity index (χ1v) is 8.00. The molecule has 0 saturated carbocycles. The van der Waals surface area contributed by atoms with Crippen molar-refractivity contribution in [3.8, 4) is 0 Å². The van der Waals surface area contributed by atoms with Gasteiger partial charge >= 0.3 is 0 Å². The number of hydrogen-bond acceptors (Lipinski definition) is 4. The van der Waals surface area contributed by atoms with Gasteiger partial charge in [-0.2, -0.15) is 0 Å². The van der Waals surface area contributed by atoms with E-state index in [0.717, 1.165) is 6.26 Å². The van der Waals surface area contributed by atoms with Crippen LogP contribution < -0.4 is 11.1 Å². The van der Waals surface area contributed by atoms with Crippen molar-refractivity contribution in [3.63, 3.8) is 0 Å². The molecule has 0 heterocycles. The molecule has 1 aromatic carbocycles. The summed E-state index contributed by atoms with van der Waals surface area (Å²) in [5, 5.41) is 2.89. The van der Waals surface area contributed by atoms with E-state index in [1.165, 1.54) is 18.2 Å². The number of halogens is 1. The van der Waals surface area contributed by atoms with Crippen molar-refractivity contribution in [1.82, 2.24) is 0 Å². The Morgan fingerprint density at radius 2 is 2.11 bits per heavy atom. The molecule has 0 aromatic heterocycles. The second-order valence-electron chi connectivity index (χ2n) is 4.51. The molecule has 5 nitrogen and oxygen atoms in total. The van der Waals surface area contributed by atoms with E-state index in [9.17, 15) is 13.2 Å². The third-order valence-corrected chi connectivity index (χ3v) is 4.02. The Morgan fingerprint density at radius 1 is 1.47 bits per heavy atom. The maximum Gasteiger partial charge on any atom is 0.224 e. The second kappa shape index (κ2) is 6.36. The maximum atomic E-state index is 11.7. The van der Waals surface area contributed by atoms with E-state index in [1.807, 2.05) is 6.92 Å². The molecule has 0 aliphatic rings. The molecule has 7 heteroatoms. The Hall–Kier alpha value is -1.11. The lowest BCUT2D eigenvalue weighted by molar-refractivity contribution is -0.116. The highest BCUT2D eigenvalue weighted by molar-refractivity contribution is 7.90. The fraction of sp³-hybridized carbons (Fsp3) is 0.417. The first kappa shape index (κ1) is 15.9. The van der Waals surface area contributed by atoms with E-state index in [4.69, 9.17) is 17.3 Å². The second-order valence-corrected chi connectivity index (χ2v) is 6.93. The van der Waals surface area contributed by atoms with E-state index in [-0.39, 0.29) is 23.1 Å². The number of sulfone groups is 1. The van der Waals surface area contributed by atoms with Gasteiger partial charge < -0.3 is 11.1 Å². The fourth-order valence-corrected chi connectivity index (χ4v) is 2.24. The third kappa shape index (κ3) is 4.81. The van der Waals surface area contributed by atoms with Crippen LogP contribution in [0.5, 0.6) is 0 Å². The summed E-state index contributed by atoms with van der Waals surface area (Å²) < 4.78 is 22.9. The summed E-state index contributed by atoms with van der Waals surface area (Å²) in [6.45, 7) is 2.26. The summed E-state index contributed by atoms with van der Waals surface area (Å²) in [4.78, 5) is 11.8. The van der Waals surface area contributed by atoms with E-state index < -0.39 is 9.84 Å². The van der Waals surface area contributed by atoms with Crippen LogP contribution in [0.15, 0.2) is 23.1 Å². The third-order valence-electron chi connectivity index (χ3n) is 2.58. The van der Waals surface area contributed by atoms with Gasteiger partial charge in [0.05, 0.1) is 15.6 Å². The van der Waals surface area contributed by atoms with Crippen LogP contribution in [0.4, 0.5) is 5.69 Å². The number of rotatable bonds is 5. The average molecular weight is 305 g/mol. The predicted molar refractivity (Wildman–Crippen MR) is 76.0 cm³/mol. The van der Waals surface area contributed by atoms with Gasteiger partial charge in [-0.1, -0.05) is 18.5 Å². The molecule has 0 saturated heterocycles. The zero-order valence-electron chi connectivity index (χ0n) is 10.8. The van der Waals surface area contributed by atoms with Crippen molar-refractivity contribution >= 4 is 33.0 Å². The lowest BCUT2D eigenvalue weighted by Crippen LogP contribution is -2.20. The number of carbonyl (C=O) groups excluding carboxylic acids is 1. The number of amides is 1. The summed E-state index contributed by atoms with van der Waals surface area (Å²) in [5.41, 5.74) is 5.73. The minimum absolute atomic E-state index is 0.0527. The van der Waals surface area contributed by atoms with Crippen molar-refractivity contribution in [2.45, 2.75) is 18.2 Å². The lowest BCUT2D eigenvalue weighted by Gasteiger charge is -2.11. The van der Waals surface area contributed by atoms with Gasteiger partial charge in [-0.15, -0.1) is 0 Å². The molecule has 1 amide bonds. The Balaban J connectivity index is 2.92. The first-order chi connectivity index (χ1) is 8.74. The van der Waals surface area contributed by atoms with Crippen LogP contribution in [0.1, 0.15) is 13.3 Å². The van der Waals surface area contributed by atoms with Crippen LogP contribution in [0.2, 0.25) is 5.02 Å². The molecular weight excluding hydrogens is 288 g/mol. The zero-order valence-corrected chi connectivity index (χ0v) is 12.4. The highest BCUT2D eigenvalue weighted by atomic mass is 35.5. The van der Waals surface area contributed by atoms with Crippen molar-refractivity contribution < 1.29 is 13.2 Å². The van der Waals surface area contributed by atoms with Crippen LogP contribution in [0.3, 0.4) is 0 Å². The highest BCUT2D eigenvalue weighted by Gasteiger charge is 2.13. The minimum Gasteiger partial charge on any atom is -0.330 e. The SMILES string of the molecule is CC(CN)CC(=O)Nc1cc(S(C)(=O)=O)ccc1Cl. The Morgan fingerprint density at radius 3 is 2.63 bits per heavy atom. The van der Waals surface area contributed by atoms with Crippen LogP contribution in [0, 0.1) is 5.92 Å². The van der Waals surface area contributed by atoms with Crippen LogP contribution in [0.25, 0.3) is 0 Å². The number of carbonyl (C=O) groups is 1. The van der Waals surface area contributed by atoms with Gasteiger partial charge in [-0.3, -0.25) is 4.79 Å². The molecule has 3 N–H and O–H groups in total. The molecule has 0 aliphatic heterocycles. The van der Waals surface area contributed by atoms with Crippen molar-refractivity contribution in [3.05, 3.63) is 23.2 Å². The van der Waals surface area contributed by atoms with Gasteiger partial charge in [-0.05, 0) is 30.7 Å². The van der Waals surface area contributed by atoms with Gasteiger partial charge in [0, 0.05) is 12.7 Å². The largest absolute Gasteiger partial charge is 0.330 e. The van der Waals surface area contributed by atoms with E-state index >= 15 is 0 Å². The molecular formula is C12H17ClN2O3S. The number of nitrogens with one attached hydrogen (secondary N) is 1. The molecule has 1 aromatic rings. The lowest BCUT2D eigenvalue weighted by atomic mass is 10.1. The molecule has 0 bridgehead atoms. The molecule has 1 unspecified atom stereocenters. The highest BCUT2D eigenvalue weighted by Crippen LogP contribution is 2.25. The number of anilines is 1. The van der Waals surface area contributed by atoms with Crippen LogP contribution in [-0.2, 0) is 14.6 Å². The molecule has 1 atom stereocenters. The standard InChI is InChI=1S/C12H17ClN2O3S/c1-8(7-14)5-12(16)15-11-6-9(19(2,17)18)3-4-10(11)13/h3-4,6,8H,5,7,14H2,1-2H3,(H,15,16). The minimum atomic E-state index is -3.34. The van der Waals surface area contributed by atoms with Gasteiger partial charge in [-0.25, -0.2) is 8.42 Å². The number of benzene rings is 1.